The number of nitrogens with zero attached hydrogens (tertiary/aromatic N) is 1. The van der Waals surface area contributed by atoms with E-state index in [1.807, 2.05) is 91.0 Å². The molecule has 3 aromatic carbocycles. The van der Waals surface area contributed by atoms with Crippen LogP contribution in [0, 0.1) is 11.8 Å². The Hall–Kier alpha value is -4.36. The fourth-order valence-corrected chi connectivity index (χ4v) is 2.40. The lowest BCUT2D eigenvalue weighted by molar-refractivity contribution is 0.1000. The maximum atomic E-state index is 11.1. The van der Waals surface area contributed by atoms with Crippen molar-refractivity contribution in [3.05, 3.63) is 126 Å². The van der Waals surface area contributed by atoms with Crippen LogP contribution < -0.4 is 10.5 Å². The van der Waals surface area contributed by atoms with Crippen LogP contribution in [0.2, 0.25) is 0 Å². The molecule has 0 aliphatic carbocycles. The summed E-state index contributed by atoms with van der Waals surface area (Å²) in [4.78, 5) is 15.1. The number of ether oxygens (including phenoxy) is 1. The lowest BCUT2D eigenvalue weighted by atomic mass is 10.1. The summed E-state index contributed by atoms with van der Waals surface area (Å²) in [5.74, 6) is 6.99. The van der Waals surface area contributed by atoms with E-state index in [1.165, 1.54) is 6.20 Å². The van der Waals surface area contributed by atoms with Crippen LogP contribution in [0.5, 0.6) is 11.5 Å². The van der Waals surface area contributed by atoms with Crippen LogP contribution in [-0.2, 0) is 0 Å². The Labute approximate surface area is 176 Å². The zero-order chi connectivity index (χ0) is 21.0. The molecule has 4 aromatic rings. The molecule has 0 spiro atoms. The molecule has 0 saturated heterocycles. The number of hydrogen-bond donors (Lipinski definition) is 1. The number of primary amides is 1. The van der Waals surface area contributed by atoms with Gasteiger partial charge in [-0.25, -0.2) is 0 Å². The van der Waals surface area contributed by atoms with Crippen molar-refractivity contribution < 1.29 is 9.53 Å². The molecule has 4 heteroatoms. The molecule has 1 heterocycles. The second-order valence-electron chi connectivity index (χ2n) is 6.17. The van der Waals surface area contributed by atoms with Gasteiger partial charge in [-0.1, -0.05) is 66.4 Å². The van der Waals surface area contributed by atoms with E-state index in [2.05, 4.69) is 16.8 Å². The highest BCUT2D eigenvalue weighted by molar-refractivity contribution is 5.92. The number of nitrogens with two attached hydrogens (primary N) is 1. The van der Waals surface area contributed by atoms with Crippen molar-refractivity contribution in [1.82, 2.24) is 4.98 Å². The van der Waals surface area contributed by atoms with Crippen LogP contribution in [0.15, 0.2) is 109 Å². The molecule has 1 amide bonds. The Bertz CT molecular complexity index is 1100. The van der Waals surface area contributed by atoms with Gasteiger partial charge in [-0.15, -0.1) is 0 Å². The van der Waals surface area contributed by atoms with Crippen LogP contribution in [0.25, 0.3) is 0 Å². The van der Waals surface area contributed by atoms with Gasteiger partial charge in [-0.3, -0.25) is 9.78 Å². The SMILES string of the molecule is NC(=O)c1cncc(C#Cc2ccc(Oc3ccccc3)cc2)c1.c1ccccc1. The molecule has 146 valence electrons. The topological polar surface area (TPSA) is 65.2 Å². The molecule has 0 atom stereocenters. The largest absolute Gasteiger partial charge is 0.457 e. The van der Waals surface area contributed by atoms with E-state index in [-0.39, 0.29) is 0 Å². The highest BCUT2D eigenvalue weighted by atomic mass is 16.5. The number of amides is 1. The third-order valence-corrected chi connectivity index (χ3v) is 3.87. The Kier molecular flexibility index (Phi) is 7.36. The maximum absolute atomic E-state index is 11.1. The van der Waals surface area contributed by atoms with E-state index in [9.17, 15) is 4.79 Å². The molecule has 1 aromatic heterocycles. The highest BCUT2D eigenvalue weighted by Gasteiger charge is 2.00. The van der Waals surface area contributed by atoms with Crippen molar-refractivity contribution in [3.63, 3.8) is 0 Å². The van der Waals surface area contributed by atoms with Gasteiger partial charge in [0.1, 0.15) is 11.5 Å². The molecule has 0 radical (unpaired) electrons. The summed E-state index contributed by atoms with van der Waals surface area (Å²) < 4.78 is 5.73. The maximum Gasteiger partial charge on any atom is 0.250 e. The molecule has 0 aliphatic rings. The van der Waals surface area contributed by atoms with Crippen LogP contribution in [-0.4, -0.2) is 10.9 Å². The van der Waals surface area contributed by atoms with E-state index in [0.717, 1.165) is 17.1 Å². The summed E-state index contributed by atoms with van der Waals surface area (Å²) in [6, 6.07) is 30.6. The third-order valence-electron chi connectivity index (χ3n) is 3.87. The molecule has 0 saturated carbocycles. The van der Waals surface area contributed by atoms with E-state index in [0.29, 0.717) is 11.1 Å². The van der Waals surface area contributed by atoms with Gasteiger partial charge in [0.25, 0.3) is 0 Å². The van der Waals surface area contributed by atoms with Gasteiger partial charge in [-0.2, -0.15) is 0 Å². The fourth-order valence-electron chi connectivity index (χ4n) is 2.40. The van der Waals surface area contributed by atoms with Crippen LogP contribution in [0.4, 0.5) is 0 Å². The first-order valence-electron chi connectivity index (χ1n) is 9.30. The van der Waals surface area contributed by atoms with Crippen molar-refractivity contribution >= 4 is 5.91 Å². The average Bonchev–Trinajstić information content (AvgIpc) is 2.81. The lowest BCUT2D eigenvalue weighted by Gasteiger charge is -2.04. The molecular formula is C26H20N2O2. The zero-order valence-corrected chi connectivity index (χ0v) is 16.2. The Morgan fingerprint density at radius 2 is 1.23 bits per heavy atom. The molecule has 0 unspecified atom stereocenters. The van der Waals surface area contributed by atoms with Crippen LogP contribution >= 0.6 is 0 Å². The van der Waals surface area contributed by atoms with Crippen LogP contribution in [0.3, 0.4) is 0 Å². The predicted molar refractivity (Wildman–Crippen MR) is 118 cm³/mol. The van der Waals surface area contributed by atoms with Crippen molar-refractivity contribution in [2.24, 2.45) is 5.73 Å². The molecule has 30 heavy (non-hydrogen) atoms. The Morgan fingerprint density at radius 3 is 1.83 bits per heavy atom. The summed E-state index contributed by atoms with van der Waals surface area (Å²) in [6.45, 7) is 0. The number of hydrogen-bond acceptors (Lipinski definition) is 3. The predicted octanol–water partition coefficient (Wildman–Crippen LogP) is 5.06. The summed E-state index contributed by atoms with van der Waals surface area (Å²) >= 11 is 0. The third kappa shape index (κ3) is 6.66. The minimum Gasteiger partial charge on any atom is -0.457 e. The first-order chi connectivity index (χ1) is 14.7. The minimum absolute atomic E-state index is 0.341. The fraction of sp³-hybridized carbons (Fsp3) is 0. The molecular weight excluding hydrogens is 372 g/mol. The molecule has 0 fully saturated rings. The van der Waals surface area contributed by atoms with Gasteiger partial charge in [0.05, 0.1) is 5.56 Å². The second kappa shape index (κ2) is 10.8. The average molecular weight is 392 g/mol. The van der Waals surface area contributed by atoms with E-state index in [1.54, 1.807) is 12.3 Å². The van der Waals surface area contributed by atoms with Gasteiger partial charge >= 0.3 is 0 Å². The number of pyridine rings is 1. The number of benzene rings is 3. The first kappa shape index (κ1) is 20.4. The van der Waals surface area contributed by atoms with Gasteiger partial charge in [0.2, 0.25) is 5.91 Å². The number of carbonyl (C=O) groups is 1. The number of para-hydroxylation sites is 1. The Morgan fingerprint density at radius 1 is 0.700 bits per heavy atom. The molecule has 4 nitrogen and oxygen atoms in total. The van der Waals surface area contributed by atoms with Crippen molar-refractivity contribution in [2.75, 3.05) is 0 Å². The normalized spacial score (nSPS) is 9.33. The zero-order valence-electron chi connectivity index (χ0n) is 16.2. The minimum atomic E-state index is -0.520. The van der Waals surface area contributed by atoms with Gasteiger partial charge in [0.15, 0.2) is 0 Å². The van der Waals surface area contributed by atoms with Crippen LogP contribution in [0.1, 0.15) is 21.5 Å². The van der Waals surface area contributed by atoms with E-state index < -0.39 is 5.91 Å². The lowest BCUT2D eigenvalue weighted by Crippen LogP contribution is -2.11. The van der Waals surface area contributed by atoms with Gasteiger partial charge in [0, 0.05) is 23.5 Å². The molecule has 0 aliphatic heterocycles. The van der Waals surface area contributed by atoms with Gasteiger partial charge < -0.3 is 10.5 Å². The Balaban J connectivity index is 0.000000367. The van der Waals surface area contributed by atoms with Crippen molar-refractivity contribution in [1.29, 1.82) is 0 Å². The number of rotatable bonds is 3. The number of aromatic nitrogens is 1. The highest BCUT2D eigenvalue weighted by Crippen LogP contribution is 2.20. The smallest absolute Gasteiger partial charge is 0.250 e. The summed E-state index contributed by atoms with van der Waals surface area (Å²) in [5.41, 5.74) is 7.04. The number of carbonyl (C=O) groups excluding carboxylic acids is 1. The second-order valence-corrected chi connectivity index (χ2v) is 6.17. The van der Waals surface area contributed by atoms with E-state index >= 15 is 0 Å². The quantitative estimate of drug-likeness (QED) is 0.496. The first-order valence-corrected chi connectivity index (χ1v) is 9.30. The van der Waals surface area contributed by atoms with E-state index in [4.69, 9.17) is 10.5 Å². The molecule has 4 rings (SSSR count). The standard InChI is InChI=1S/C20H14N2O2.C6H6/c21-20(23)17-12-16(13-22-14-17)7-6-15-8-10-19(11-9-15)24-18-4-2-1-3-5-18;1-2-4-6-5-3-1/h1-5,8-14H,(H2,21,23);1-6H. The monoisotopic (exact) mass is 392 g/mol. The van der Waals surface area contributed by atoms with Crippen molar-refractivity contribution in [3.8, 4) is 23.3 Å². The molecule has 2 N–H and O–H groups in total. The van der Waals surface area contributed by atoms with Crippen molar-refractivity contribution in [2.45, 2.75) is 0 Å². The summed E-state index contributed by atoms with van der Waals surface area (Å²) in [7, 11) is 0. The van der Waals surface area contributed by atoms with Gasteiger partial charge in [-0.05, 0) is 42.5 Å². The summed E-state index contributed by atoms with van der Waals surface area (Å²) in [5, 5.41) is 0. The summed E-state index contributed by atoms with van der Waals surface area (Å²) in [6.07, 6.45) is 3.01. The molecule has 0 bridgehead atoms.